The van der Waals surface area contributed by atoms with Crippen molar-refractivity contribution in [2.45, 2.75) is 45.1 Å². The molecule has 2 heterocycles. The third kappa shape index (κ3) is 5.05. The summed E-state index contributed by atoms with van der Waals surface area (Å²) in [5.41, 5.74) is 2.85. The average molecular weight is 541 g/mol. The molecule has 3 nitrogen and oxygen atoms in total. The van der Waals surface area contributed by atoms with Gasteiger partial charge in [-0.1, -0.05) is 35.3 Å². The number of fused-ring (bicyclic) bond motifs is 1. The molecule has 0 radical (unpaired) electrons. The predicted octanol–water partition coefficient (Wildman–Crippen LogP) is 8.22. The zero-order valence-electron chi connectivity index (χ0n) is 21.0. The van der Waals surface area contributed by atoms with Crippen LogP contribution in [0.4, 0.5) is 8.78 Å². The van der Waals surface area contributed by atoms with E-state index in [9.17, 15) is 13.6 Å². The van der Waals surface area contributed by atoms with Crippen molar-refractivity contribution in [1.82, 2.24) is 9.47 Å². The van der Waals surface area contributed by atoms with Gasteiger partial charge in [-0.2, -0.15) is 0 Å². The van der Waals surface area contributed by atoms with E-state index in [1.807, 2.05) is 12.1 Å². The first-order valence-electron chi connectivity index (χ1n) is 12.4. The smallest absolute Gasteiger partial charge is 0.255 e. The number of piperidine rings is 1. The number of hydrogen-bond acceptors (Lipinski definition) is 2. The second-order valence-corrected chi connectivity index (χ2v) is 11.5. The van der Waals surface area contributed by atoms with Crippen LogP contribution in [0.25, 0.3) is 27.7 Å². The van der Waals surface area contributed by atoms with Crippen LogP contribution in [-0.4, -0.2) is 28.1 Å². The first-order valence-corrected chi connectivity index (χ1v) is 13.1. The molecule has 3 aromatic carbocycles. The third-order valence-corrected chi connectivity index (χ3v) is 7.89. The molecule has 1 saturated heterocycles. The molecule has 37 heavy (non-hydrogen) atoms. The van der Waals surface area contributed by atoms with Gasteiger partial charge in [-0.25, -0.2) is 8.78 Å². The van der Waals surface area contributed by atoms with Crippen molar-refractivity contribution < 1.29 is 8.78 Å². The topological polar surface area (TPSA) is 25.2 Å². The van der Waals surface area contributed by atoms with Crippen LogP contribution in [0, 0.1) is 11.6 Å². The Kier molecular flexibility index (Phi) is 6.90. The molecule has 192 valence electrons. The summed E-state index contributed by atoms with van der Waals surface area (Å²) in [6.07, 6.45) is 1.87. The third-order valence-electron chi connectivity index (χ3n) is 7.28. The minimum Gasteiger partial charge on any atom is -0.298 e. The second kappa shape index (κ2) is 9.86. The van der Waals surface area contributed by atoms with Crippen molar-refractivity contribution in [2.75, 3.05) is 13.1 Å². The van der Waals surface area contributed by atoms with E-state index >= 15 is 0 Å². The van der Waals surface area contributed by atoms with Gasteiger partial charge in [0.15, 0.2) is 0 Å². The molecule has 0 unspecified atom stereocenters. The number of likely N-dealkylation sites (tertiary alicyclic amines) is 1. The standard InChI is InChI=1S/C30H28Cl2F2N2O/c1-30(2,3)35-11-9-18(10-12-35)19-15-24(20-13-21(33)17-22(34)14-20)23-7-8-28(37)36(27(23)16-19)29-25(31)5-4-6-26(29)32/h4-8,13-18H,9-12H2,1-3H3. The summed E-state index contributed by atoms with van der Waals surface area (Å²) in [7, 11) is 0. The van der Waals surface area contributed by atoms with E-state index in [1.165, 1.54) is 22.8 Å². The van der Waals surface area contributed by atoms with Crippen molar-refractivity contribution in [3.63, 3.8) is 0 Å². The van der Waals surface area contributed by atoms with Crippen LogP contribution in [0.15, 0.2) is 65.5 Å². The van der Waals surface area contributed by atoms with E-state index in [4.69, 9.17) is 23.2 Å². The molecule has 1 aliphatic rings. The molecule has 0 aliphatic carbocycles. The quantitative estimate of drug-likeness (QED) is 0.261. The fourth-order valence-electron chi connectivity index (χ4n) is 5.37. The van der Waals surface area contributed by atoms with Crippen LogP contribution in [0.2, 0.25) is 10.0 Å². The molecule has 1 aromatic heterocycles. The highest BCUT2D eigenvalue weighted by atomic mass is 35.5. The molecule has 0 N–H and O–H groups in total. The van der Waals surface area contributed by atoms with Crippen LogP contribution in [0.5, 0.6) is 0 Å². The van der Waals surface area contributed by atoms with E-state index in [1.54, 1.807) is 24.3 Å². The molecule has 0 saturated carbocycles. The van der Waals surface area contributed by atoms with Gasteiger partial charge < -0.3 is 0 Å². The van der Waals surface area contributed by atoms with Gasteiger partial charge in [-0.15, -0.1) is 0 Å². The van der Waals surface area contributed by atoms with Gasteiger partial charge in [-0.3, -0.25) is 14.3 Å². The van der Waals surface area contributed by atoms with Crippen molar-refractivity contribution in [1.29, 1.82) is 0 Å². The number of pyridine rings is 1. The van der Waals surface area contributed by atoms with E-state index < -0.39 is 11.6 Å². The highest BCUT2D eigenvalue weighted by Crippen LogP contribution is 2.39. The lowest BCUT2D eigenvalue weighted by Gasteiger charge is -2.41. The molecule has 1 fully saturated rings. The van der Waals surface area contributed by atoms with Gasteiger partial charge in [-0.05, 0) is 106 Å². The number of rotatable bonds is 3. The molecule has 0 bridgehead atoms. The van der Waals surface area contributed by atoms with Crippen LogP contribution in [-0.2, 0) is 0 Å². The Hall–Kier alpha value is -2.73. The fraction of sp³-hybridized carbons (Fsp3) is 0.300. The zero-order chi connectivity index (χ0) is 26.5. The molecular weight excluding hydrogens is 513 g/mol. The molecule has 0 atom stereocenters. The molecule has 0 spiro atoms. The first-order chi connectivity index (χ1) is 17.5. The van der Waals surface area contributed by atoms with Gasteiger partial charge in [0, 0.05) is 23.1 Å². The molecule has 5 rings (SSSR count). The lowest BCUT2D eigenvalue weighted by Crippen LogP contribution is -2.45. The largest absolute Gasteiger partial charge is 0.298 e. The Labute approximate surface area is 225 Å². The molecule has 0 amide bonds. The molecule has 7 heteroatoms. The van der Waals surface area contributed by atoms with E-state index in [0.29, 0.717) is 37.8 Å². The number of halogens is 4. The fourth-order valence-corrected chi connectivity index (χ4v) is 5.93. The van der Waals surface area contributed by atoms with Crippen LogP contribution in [0.3, 0.4) is 0 Å². The van der Waals surface area contributed by atoms with E-state index in [2.05, 4.69) is 25.7 Å². The van der Waals surface area contributed by atoms with Gasteiger partial charge in [0.1, 0.15) is 11.6 Å². The second-order valence-electron chi connectivity index (χ2n) is 10.7. The average Bonchev–Trinajstić information content (AvgIpc) is 2.83. The maximum atomic E-state index is 14.3. The van der Waals surface area contributed by atoms with Crippen molar-refractivity contribution >= 4 is 34.1 Å². The molecular formula is C30H28Cl2F2N2O. The van der Waals surface area contributed by atoms with Crippen molar-refractivity contribution in [3.8, 4) is 16.8 Å². The number of nitrogens with zero attached hydrogens (tertiary/aromatic N) is 2. The van der Waals surface area contributed by atoms with Gasteiger partial charge in [0.2, 0.25) is 0 Å². The summed E-state index contributed by atoms with van der Waals surface area (Å²) >= 11 is 13.1. The summed E-state index contributed by atoms with van der Waals surface area (Å²) in [5, 5.41) is 1.35. The summed E-state index contributed by atoms with van der Waals surface area (Å²) in [4.78, 5) is 15.7. The molecule has 1 aliphatic heterocycles. The van der Waals surface area contributed by atoms with Gasteiger partial charge >= 0.3 is 0 Å². The Morgan fingerprint density at radius 2 is 1.49 bits per heavy atom. The lowest BCUT2D eigenvalue weighted by molar-refractivity contribution is 0.102. The van der Waals surface area contributed by atoms with E-state index in [-0.39, 0.29) is 17.0 Å². The Morgan fingerprint density at radius 3 is 2.08 bits per heavy atom. The van der Waals surface area contributed by atoms with Crippen LogP contribution >= 0.6 is 23.2 Å². The predicted molar refractivity (Wildman–Crippen MR) is 148 cm³/mol. The SMILES string of the molecule is CC(C)(C)N1CCC(c2cc(-c3cc(F)cc(F)c3)c3ccc(=O)n(-c4c(Cl)cccc4Cl)c3c2)CC1. The normalized spacial score (nSPS) is 15.4. The minimum atomic E-state index is -0.658. The van der Waals surface area contributed by atoms with Crippen LogP contribution in [0.1, 0.15) is 45.1 Å². The molecule has 4 aromatic rings. The number of benzene rings is 3. The zero-order valence-corrected chi connectivity index (χ0v) is 22.5. The summed E-state index contributed by atoms with van der Waals surface area (Å²) in [5.74, 6) is -1.09. The minimum absolute atomic E-state index is 0.0832. The Balaban J connectivity index is 1.77. The van der Waals surface area contributed by atoms with Crippen molar-refractivity contribution in [2.24, 2.45) is 0 Å². The summed E-state index contributed by atoms with van der Waals surface area (Å²) < 4.78 is 30.1. The summed E-state index contributed by atoms with van der Waals surface area (Å²) in [6, 6.07) is 15.7. The summed E-state index contributed by atoms with van der Waals surface area (Å²) in [6.45, 7) is 8.52. The van der Waals surface area contributed by atoms with Gasteiger partial charge in [0.25, 0.3) is 5.56 Å². The maximum Gasteiger partial charge on any atom is 0.255 e. The number of aromatic nitrogens is 1. The number of para-hydroxylation sites is 1. The van der Waals surface area contributed by atoms with Crippen molar-refractivity contribution in [3.05, 3.63) is 98.3 Å². The number of hydrogen-bond donors (Lipinski definition) is 0. The Bertz CT molecular complexity index is 1510. The van der Waals surface area contributed by atoms with E-state index in [0.717, 1.165) is 37.6 Å². The monoisotopic (exact) mass is 540 g/mol. The lowest BCUT2D eigenvalue weighted by atomic mass is 9.85. The maximum absolute atomic E-state index is 14.3. The highest BCUT2D eigenvalue weighted by molar-refractivity contribution is 6.37. The Morgan fingerprint density at radius 1 is 0.865 bits per heavy atom. The first kappa shape index (κ1) is 25.9. The van der Waals surface area contributed by atoms with Crippen LogP contribution < -0.4 is 5.56 Å². The van der Waals surface area contributed by atoms with Gasteiger partial charge in [0.05, 0.1) is 21.2 Å². The highest BCUT2D eigenvalue weighted by Gasteiger charge is 2.28.